The average Bonchev–Trinajstić information content (AvgIpc) is 2.67. The monoisotopic (exact) mass is 389 g/mol. The summed E-state index contributed by atoms with van der Waals surface area (Å²) in [4.78, 5) is 0.321. The molecule has 1 N–H and O–H groups in total. The van der Waals surface area contributed by atoms with Crippen LogP contribution < -0.4 is 5.32 Å². The topological polar surface area (TPSA) is 73.2 Å². The molecule has 1 aliphatic heterocycles. The number of hydrogen-bond donors (Lipinski definition) is 1. The van der Waals surface area contributed by atoms with E-state index < -0.39 is 10.0 Å². The van der Waals surface area contributed by atoms with E-state index in [4.69, 9.17) is 11.6 Å². The molecule has 0 spiro atoms. The van der Waals surface area contributed by atoms with Gasteiger partial charge in [-0.25, -0.2) is 8.42 Å². The zero-order valence-corrected chi connectivity index (χ0v) is 15.9. The number of benzene rings is 2. The summed E-state index contributed by atoms with van der Waals surface area (Å²) in [6.45, 7) is 1.44. The van der Waals surface area contributed by atoms with Crippen molar-refractivity contribution in [2.24, 2.45) is 0 Å². The molecule has 3 rings (SSSR count). The highest BCUT2D eigenvalue weighted by Gasteiger charge is 2.27. The first-order valence-electron chi connectivity index (χ1n) is 8.54. The Kier molecular flexibility index (Phi) is 5.82. The van der Waals surface area contributed by atoms with Gasteiger partial charge in [0.25, 0.3) is 0 Å². The standard InChI is InChI=1S/C19H20ClN3O2S/c20-17-8-9-18(16(12-17)13-21)22-14-15-6-2-3-7-19(15)26(24,25)23-10-4-1-5-11-23/h2-3,6-9,12,22H,1,4-5,10-11,14H2. The minimum Gasteiger partial charge on any atom is -0.380 e. The normalized spacial score (nSPS) is 15.4. The molecule has 0 unspecified atom stereocenters. The molecular formula is C19H20ClN3O2S. The molecule has 1 heterocycles. The largest absolute Gasteiger partial charge is 0.380 e. The Morgan fingerprint density at radius 3 is 2.58 bits per heavy atom. The van der Waals surface area contributed by atoms with Crippen LogP contribution in [-0.2, 0) is 16.6 Å². The number of piperidine rings is 1. The third-order valence-electron chi connectivity index (χ3n) is 4.48. The minimum atomic E-state index is -3.51. The first-order chi connectivity index (χ1) is 12.5. The zero-order valence-electron chi connectivity index (χ0n) is 14.3. The van der Waals surface area contributed by atoms with Crippen molar-refractivity contribution in [3.63, 3.8) is 0 Å². The van der Waals surface area contributed by atoms with E-state index >= 15 is 0 Å². The molecule has 1 fully saturated rings. The predicted molar refractivity (Wildman–Crippen MR) is 103 cm³/mol. The molecule has 0 bridgehead atoms. The molecule has 0 atom stereocenters. The van der Waals surface area contributed by atoms with E-state index in [1.807, 2.05) is 6.07 Å². The number of nitriles is 1. The fourth-order valence-electron chi connectivity index (χ4n) is 3.10. The van der Waals surface area contributed by atoms with Crippen molar-refractivity contribution in [2.45, 2.75) is 30.7 Å². The first kappa shape index (κ1) is 18.7. The lowest BCUT2D eigenvalue weighted by molar-refractivity contribution is 0.346. The summed E-state index contributed by atoms with van der Waals surface area (Å²) in [5.74, 6) is 0. The molecule has 1 saturated heterocycles. The van der Waals surface area contributed by atoms with Gasteiger partial charge in [-0.05, 0) is 42.7 Å². The lowest BCUT2D eigenvalue weighted by Gasteiger charge is -2.27. The maximum Gasteiger partial charge on any atom is 0.243 e. The molecular weight excluding hydrogens is 370 g/mol. The van der Waals surface area contributed by atoms with Crippen LogP contribution in [0.3, 0.4) is 0 Å². The number of nitrogens with zero attached hydrogens (tertiary/aromatic N) is 2. The van der Waals surface area contributed by atoms with Crippen molar-refractivity contribution in [1.29, 1.82) is 5.26 Å². The molecule has 0 aliphatic carbocycles. The van der Waals surface area contributed by atoms with Gasteiger partial charge in [0, 0.05) is 24.7 Å². The highest BCUT2D eigenvalue weighted by Crippen LogP contribution is 2.25. The van der Waals surface area contributed by atoms with Gasteiger partial charge in [-0.15, -0.1) is 0 Å². The SMILES string of the molecule is N#Cc1cc(Cl)ccc1NCc1ccccc1S(=O)(=O)N1CCCCC1. The maximum atomic E-state index is 13.0. The zero-order chi connectivity index (χ0) is 18.6. The highest BCUT2D eigenvalue weighted by atomic mass is 35.5. The van der Waals surface area contributed by atoms with Crippen LogP contribution in [0.1, 0.15) is 30.4 Å². The van der Waals surface area contributed by atoms with Crippen molar-refractivity contribution in [3.8, 4) is 6.07 Å². The summed E-state index contributed by atoms with van der Waals surface area (Å²) in [7, 11) is -3.51. The third-order valence-corrected chi connectivity index (χ3v) is 6.71. The van der Waals surface area contributed by atoms with Crippen molar-refractivity contribution in [1.82, 2.24) is 4.31 Å². The number of halogens is 1. The molecule has 5 nitrogen and oxygen atoms in total. The van der Waals surface area contributed by atoms with E-state index in [-0.39, 0.29) is 0 Å². The Morgan fingerprint density at radius 1 is 1.12 bits per heavy atom. The number of anilines is 1. The van der Waals surface area contributed by atoms with Crippen LogP contribution >= 0.6 is 11.6 Å². The lowest BCUT2D eigenvalue weighted by atomic mass is 10.1. The van der Waals surface area contributed by atoms with E-state index in [9.17, 15) is 13.7 Å². The van der Waals surface area contributed by atoms with Gasteiger partial charge >= 0.3 is 0 Å². The number of hydrogen-bond acceptors (Lipinski definition) is 4. The Balaban J connectivity index is 1.85. The van der Waals surface area contributed by atoms with Crippen LogP contribution in [0.5, 0.6) is 0 Å². The van der Waals surface area contributed by atoms with E-state index in [0.29, 0.717) is 46.4 Å². The van der Waals surface area contributed by atoms with Crippen LogP contribution in [0.25, 0.3) is 0 Å². The number of nitrogens with one attached hydrogen (secondary N) is 1. The second-order valence-corrected chi connectivity index (χ2v) is 8.57. The predicted octanol–water partition coefficient (Wildman–Crippen LogP) is 4.00. The van der Waals surface area contributed by atoms with Crippen molar-refractivity contribution in [3.05, 3.63) is 58.6 Å². The van der Waals surface area contributed by atoms with Gasteiger partial charge in [0.15, 0.2) is 0 Å². The van der Waals surface area contributed by atoms with Gasteiger partial charge in [0.05, 0.1) is 16.1 Å². The van der Waals surface area contributed by atoms with Gasteiger partial charge in [-0.3, -0.25) is 0 Å². The Hall–Kier alpha value is -2.07. The summed E-state index contributed by atoms with van der Waals surface area (Å²) < 4.78 is 27.6. The van der Waals surface area contributed by atoms with Gasteiger partial charge in [-0.1, -0.05) is 36.2 Å². The second-order valence-electron chi connectivity index (χ2n) is 6.23. The first-order valence-corrected chi connectivity index (χ1v) is 10.4. The fraction of sp³-hybridized carbons (Fsp3) is 0.316. The van der Waals surface area contributed by atoms with Gasteiger partial charge < -0.3 is 5.32 Å². The molecule has 1 aliphatic rings. The summed E-state index contributed by atoms with van der Waals surface area (Å²) >= 11 is 5.92. The van der Waals surface area contributed by atoms with Crippen molar-refractivity contribution < 1.29 is 8.42 Å². The summed E-state index contributed by atoms with van der Waals surface area (Å²) in [6.07, 6.45) is 2.87. The van der Waals surface area contributed by atoms with Crippen LogP contribution in [0.2, 0.25) is 5.02 Å². The molecule has 0 saturated carbocycles. The number of rotatable bonds is 5. The highest BCUT2D eigenvalue weighted by molar-refractivity contribution is 7.89. The molecule has 2 aromatic rings. The van der Waals surface area contributed by atoms with Crippen LogP contribution in [0, 0.1) is 11.3 Å². The van der Waals surface area contributed by atoms with E-state index in [0.717, 1.165) is 19.3 Å². The van der Waals surface area contributed by atoms with Crippen LogP contribution in [0.4, 0.5) is 5.69 Å². The molecule has 7 heteroatoms. The summed E-state index contributed by atoms with van der Waals surface area (Å²) in [5, 5.41) is 12.9. The Morgan fingerprint density at radius 2 is 1.85 bits per heavy atom. The Labute approximate surface area is 159 Å². The van der Waals surface area contributed by atoms with Gasteiger partial charge in [0.1, 0.15) is 6.07 Å². The van der Waals surface area contributed by atoms with Crippen LogP contribution in [0.15, 0.2) is 47.4 Å². The fourth-order valence-corrected chi connectivity index (χ4v) is 5.01. The molecule has 0 amide bonds. The average molecular weight is 390 g/mol. The van der Waals surface area contributed by atoms with E-state index in [1.54, 1.807) is 40.7 Å². The number of sulfonamides is 1. The molecule has 0 radical (unpaired) electrons. The second kappa shape index (κ2) is 8.09. The molecule has 0 aromatic heterocycles. The smallest absolute Gasteiger partial charge is 0.243 e. The van der Waals surface area contributed by atoms with Gasteiger partial charge in [0.2, 0.25) is 10.0 Å². The maximum absolute atomic E-state index is 13.0. The minimum absolute atomic E-state index is 0.305. The molecule has 26 heavy (non-hydrogen) atoms. The van der Waals surface area contributed by atoms with Crippen molar-refractivity contribution in [2.75, 3.05) is 18.4 Å². The summed E-state index contributed by atoms with van der Waals surface area (Å²) in [5.41, 5.74) is 1.73. The van der Waals surface area contributed by atoms with Crippen LogP contribution in [-0.4, -0.2) is 25.8 Å². The quantitative estimate of drug-likeness (QED) is 0.838. The Bertz CT molecular complexity index is 932. The third kappa shape index (κ3) is 4.01. The van der Waals surface area contributed by atoms with Crippen molar-refractivity contribution >= 4 is 27.3 Å². The van der Waals surface area contributed by atoms with Gasteiger partial charge in [-0.2, -0.15) is 9.57 Å². The molecule has 136 valence electrons. The summed E-state index contributed by atoms with van der Waals surface area (Å²) in [6, 6.07) is 14.1. The van der Waals surface area contributed by atoms with E-state index in [2.05, 4.69) is 11.4 Å². The lowest BCUT2D eigenvalue weighted by Crippen LogP contribution is -2.36. The van der Waals surface area contributed by atoms with E-state index in [1.165, 1.54) is 0 Å². The molecule has 2 aromatic carbocycles.